The van der Waals surface area contributed by atoms with Crippen LogP contribution in [0.3, 0.4) is 0 Å². The van der Waals surface area contributed by atoms with Crippen molar-refractivity contribution in [2.75, 3.05) is 12.4 Å². The number of rotatable bonds is 7. The summed E-state index contributed by atoms with van der Waals surface area (Å²) in [4.78, 5) is 24.8. The van der Waals surface area contributed by atoms with Gasteiger partial charge in [-0.05, 0) is 34.7 Å². The van der Waals surface area contributed by atoms with E-state index in [0.29, 0.717) is 18.3 Å². The molecule has 0 bridgehead atoms. The largest absolute Gasteiger partial charge is 1.00 e. The van der Waals surface area contributed by atoms with E-state index in [1.165, 1.54) is 17.4 Å². The summed E-state index contributed by atoms with van der Waals surface area (Å²) < 4.78 is 0. The Morgan fingerprint density at radius 1 is 1.20 bits per heavy atom. The molecule has 1 fully saturated rings. The Morgan fingerprint density at radius 2 is 1.83 bits per heavy atom. The summed E-state index contributed by atoms with van der Waals surface area (Å²) in [5.74, 6) is 1.82. The monoisotopic (exact) mass is 396 g/mol. The fourth-order valence-electron chi connectivity index (χ4n) is 3.67. The molecule has 0 unspecified atom stereocenters. The fourth-order valence-corrected chi connectivity index (χ4v) is 3.67. The van der Waals surface area contributed by atoms with Crippen molar-refractivity contribution in [3.05, 3.63) is 72.4 Å². The van der Waals surface area contributed by atoms with Gasteiger partial charge in [0.25, 0.3) is 0 Å². The maximum Gasteiger partial charge on any atom is 1.00 e. The molecule has 6 heteroatoms. The first-order valence-corrected chi connectivity index (χ1v) is 9.71. The SMILES string of the molecule is [CH-]=C(N)N(C)C(=O)C[C-](C)[C@@H]1C[C@H]1c1cccc(-c2cccc(NC(C)=O)c2)c1.[Li+]. The predicted molar refractivity (Wildman–Crippen MR) is 115 cm³/mol. The van der Waals surface area contributed by atoms with Crippen LogP contribution in [0.15, 0.2) is 54.4 Å². The molecular formula is C24H27LiN3O2-. The van der Waals surface area contributed by atoms with Crippen LogP contribution in [0.2, 0.25) is 0 Å². The Hall–Kier alpha value is -2.48. The molecule has 3 N–H and O–H groups in total. The first-order chi connectivity index (χ1) is 13.8. The molecule has 2 amide bonds. The number of nitrogens with zero attached hydrogens (tertiary/aromatic N) is 1. The van der Waals surface area contributed by atoms with Gasteiger partial charge >= 0.3 is 18.9 Å². The van der Waals surface area contributed by atoms with Crippen LogP contribution in [-0.4, -0.2) is 23.8 Å². The van der Waals surface area contributed by atoms with Gasteiger partial charge in [0, 0.05) is 19.7 Å². The molecule has 30 heavy (non-hydrogen) atoms. The third-order valence-corrected chi connectivity index (χ3v) is 5.45. The Morgan fingerprint density at radius 3 is 2.47 bits per heavy atom. The number of anilines is 1. The number of amides is 2. The van der Waals surface area contributed by atoms with E-state index in [0.717, 1.165) is 29.2 Å². The van der Waals surface area contributed by atoms with Crippen LogP contribution < -0.4 is 29.9 Å². The minimum Gasteiger partial charge on any atom is -0.472 e. The Bertz CT molecular complexity index is 944. The molecule has 1 saturated carbocycles. The molecule has 2 atom stereocenters. The van der Waals surface area contributed by atoms with Crippen LogP contribution in [0.5, 0.6) is 0 Å². The fraction of sp³-hybridized carbons (Fsp3) is 0.292. The third-order valence-electron chi connectivity index (χ3n) is 5.45. The number of benzene rings is 2. The molecule has 3 rings (SSSR count). The molecule has 0 aromatic heterocycles. The maximum atomic E-state index is 12.2. The summed E-state index contributed by atoms with van der Waals surface area (Å²) in [7, 11) is 1.59. The zero-order valence-corrected chi connectivity index (χ0v) is 18.1. The second kappa shape index (κ2) is 10.0. The number of nitrogens with two attached hydrogens (primary N) is 1. The van der Waals surface area contributed by atoms with Crippen molar-refractivity contribution in [2.45, 2.75) is 32.6 Å². The summed E-state index contributed by atoms with van der Waals surface area (Å²) >= 11 is 0. The topological polar surface area (TPSA) is 75.4 Å². The molecular weight excluding hydrogens is 369 g/mol. The van der Waals surface area contributed by atoms with E-state index in [-0.39, 0.29) is 36.5 Å². The van der Waals surface area contributed by atoms with Gasteiger partial charge in [-0.1, -0.05) is 55.1 Å². The van der Waals surface area contributed by atoms with Gasteiger partial charge in [-0.15, -0.1) is 0 Å². The Kier molecular flexibility index (Phi) is 7.94. The van der Waals surface area contributed by atoms with Crippen molar-refractivity contribution in [1.29, 1.82) is 0 Å². The number of carbonyl (C=O) groups excluding carboxylic acids is 2. The van der Waals surface area contributed by atoms with Crippen LogP contribution in [0.1, 0.15) is 38.2 Å². The van der Waals surface area contributed by atoms with Crippen LogP contribution in [0, 0.1) is 18.4 Å². The van der Waals surface area contributed by atoms with Crippen molar-refractivity contribution >= 4 is 17.5 Å². The standard InChI is InChI=1S/C24H27N3O2.Li/c1-15(11-24(29)27(4)16(2)25)22-14-23(22)20-9-5-7-18(12-20)19-8-6-10-21(13-19)26-17(3)28;/h2,5-10,12-13,22-23H,11,14,25H2,1,3-4H3,(H,26,28);/q-2;+1/t22-,23-;/m0./s1. The van der Waals surface area contributed by atoms with Crippen molar-refractivity contribution < 1.29 is 28.4 Å². The molecule has 152 valence electrons. The molecule has 2 aromatic carbocycles. The van der Waals surface area contributed by atoms with E-state index in [9.17, 15) is 9.59 Å². The second-order valence-electron chi connectivity index (χ2n) is 7.74. The van der Waals surface area contributed by atoms with Crippen LogP contribution in [-0.2, 0) is 9.59 Å². The minimum absolute atomic E-state index is 0. The van der Waals surface area contributed by atoms with Crippen LogP contribution >= 0.6 is 0 Å². The van der Waals surface area contributed by atoms with Gasteiger partial charge in [0.15, 0.2) is 5.91 Å². The zero-order chi connectivity index (χ0) is 21.1. The van der Waals surface area contributed by atoms with E-state index in [2.05, 4.69) is 29.6 Å². The van der Waals surface area contributed by atoms with E-state index in [1.807, 2.05) is 31.2 Å². The van der Waals surface area contributed by atoms with Gasteiger partial charge in [-0.3, -0.25) is 9.59 Å². The third kappa shape index (κ3) is 5.78. The van der Waals surface area contributed by atoms with Crippen LogP contribution in [0.4, 0.5) is 5.69 Å². The summed E-state index contributed by atoms with van der Waals surface area (Å²) in [6.45, 7) is 9.03. The molecule has 0 spiro atoms. The van der Waals surface area contributed by atoms with Gasteiger partial charge in [0.05, 0.1) is 0 Å². The molecule has 2 aromatic rings. The van der Waals surface area contributed by atoms with Gasteiger partial charge in [-0.25, -0.2) is 0 Å². The smallest absolute Gasteiger partial charge is 0.472 e. The second-order valence-corrected chi connectivity index (χ2v) is 7.74. The van der Waals surface area contributed by atoms with E-state index >= 15 is 0 Å². The van der Waals surface area contributed by atoms with Gasteiger partial charge in [-0.2, -0.15) is 12.8 Å². The first kappa shape index (κ1) is 23.8. The minimum atomic E-state index is -0.0864. The van der Waals surface area contributed by atoms with Gasteiger partial charge in [0.2, 0.25) is 5.91 Å². The molecule has 5 nitrogen and oxygen atoms in total. The summed E-state index contributed by atoms with van der Waals surface area (Å²) in [6, 6.07) is 16.3. The van der Waals surface area contributed by atoms with E-state index in [1.54, 1.807) is 7.05 Å². The van der Waals surface area contributed by atoms with Crippen molar-refractivity contribution in [2.24, 2.45) is 11.7 Å². The molecule has 0 aliphatic heterocycles. The summed E-state index contributed by atoms with van der Waals surface area (Å²) in [5.41, 5.74) is 9.72. The van der Waals surface area contributed by atoms with E-state index in [4.69, 9.17) is 12.3 Å². The molecule has 0 radical (unpaired) electrons. The maximum absolute atomic E-state index is 12.2. The summed E-state index contributed by atoms with van der Waals surface area (Å²) in [6.07, 6.45) is 1.40. The summed E-state index contributed by atoms with van der Waals surface area (Å²) in [5, 5.41) is 2.82. The molecule has 1 aliphatic carbocycles. The quantitative estimate of drug-likeness (QED) is 0.544. The predicted octanol–water partition coefficient (Wildman–Crippen LogP) is 1.10. The van der Waals surface area contributed by atoms with Crippen molar-refractivity contribution in [3.63, 3.8) is 0 Å². The molecule has 0 saturated heterocycles. The first-order valence-electron chi connectivity index (χ1n) is 9.71. The number of carbonyl (C=O) groups is 2. The number of nitrogens with one attached hydrogen (secondary N) is 1. The van der Waals surface area contributed by atoms with Gasteiger partial charge < -0.3 is 28.4 Å². The number of hydrogen-bond acceptors (Lipinski definition) is 3. The zero-order valence-electron chi connectivity index (χ0n) is 18.1. The van der Waals surface area contributed by atoms with Crippen LogP contribution in [0.25, 0.3) is 11.1 Å². The number of hydrogen-bond donors (Lipinski definition) is 2. The molecule has 0 heterocycles. The average molecular weight is 396 g/mol. The van der Waals surface area contributed by atoms with E-state index < -0.39 is 0 Å². The Labute approximate surface area is 190 Å². The normalized spacial score (nSPS) is 17.1. The van der Waals surface area contributed by atoms with Crippen molar-refractivity contribution in [3.8, 4) is 11.1 Å². The Balaban J connectivity index is 0.00000320. The average Bonchev–Trinajstić information content (AvgIpc) is 3.48. The van der Waals surface area contributed by atoms with Crippen molar-refractivity contribution in [1.82, 2.24) is 4.90 Å². The van der Waals surface area contributed by atoms with Gasteiger partial charge in [0.1, 0.15) is 0 Å². The molecule has 1 aliphatic rings.